The Morgan fingerprint density at radius 1 is 0.781 bits per heavy atom. The summed E-state index contributed by atoms with van der Waals surface area (Å²) in [6, 6.07) is 37.1. The molecule has 0 saturated carbocycles. The first-order valence-electron chi connectivity index (χ1n) is 33.6. The molecule has 0 spiro atoms. The van der Waals surface area contributed by atoms with Crippen molar-refractivity contribution in [2.24, 2.45) is 0 Å². The van der Waals surface area contributed by atoms with Gasteiger partial charge in [0.1, 0.15) is 40.6 Å². The highest BCUT2D eigenvalue weighted by Crippen LogP contribution is 2.52. The molecule has 4 unspecified atom stereocenters. The summed E-state index contributed by atoms with van der Waals surface area (Å²) in [6.45, 7) is 11.4. The molecule has 23 heteroatoms. The molecule has 21 nitrogen and oxygen atoms in total. The molecule has 0 radical (unpaired) electrons. The molecule has 1 saturated heterocycles. The average Bonchev–Trinajstić information content (AvgIpc) is 0.967. The molecule has 4 N–H and O–H groups in total. The van der Waals surface area contributed by atoms with E-state index in [1.165, 1.54) is 11.3 Å². The van der Waals surface area contributed by atoms with Gasteiger partial charge in [0.15, 0.2) is 0 Å². The van der Waals surface area contributed by atoms with E-state index in [9.17, 15) is 32.9 Å². The molecule has 3 aliphatic rings. The number of methoxy groups -OCH3 is 2. The molecular formula is C73H91N8O13PS. The van der Waals surface area contributed by atoms with Gasteiger partial charge in [0.25, 0.3) is 14.4 Å². The summed E-state index contributed by atoms with van der Waals surface area (Å²) < 4.78 is 77.6. The number of hydrogen-bond acceptors (Lipinski definition) is 16. The first-order valence-corrected chi connectivity index (χ1v) is 36.6. The molecule has 5 aromatic carbocycles. The van der Waals surface area contributed by atoms with E-state index in [-0.39, 0.29) is 62.2 Å². The molecule has 3 amide bonds. The lowest BCUT2D eigenvalue weighted by Crippen LogP contribution is -2.39. The van der Waals surface area contributed by atoms with Gasteiger partial charge in [0.2, 0.25) is 21.8 Å². The van der Waals surface area contributed by atoms with Crippen LogP contribution in [0.3, 0.4) is 0 Å². The van der Waals surface area contributed by atoms with E-state index in [0.717, 1.165) is 102 Å². The Kier molecular flexibility index (Phi) is 24.3. The number of rotatable bonds is 34. The number of sulfonamides is 1. The van der Waals surface area contributed by atoms with Crippen LogP contribution >= 0.6 is 8.53 Å². The van der Waals surface area contributed by atoms with Crippen molar-refractivity contribution in [1.82, 2.24) is 25.2 Å². The van der Waals surface area contributed by atoms with Crippen molar-refractivity contribution in [2.45, 2.75) is 154 Å². The van der Waals surface area contributed by atoms with Gasteiger partial charge in [-0.15, -0.1) is 0 Å². The summed E-state index contributed by atoms with van der Waals surface area (Å²) in [4.78, 5) is 54.4. The Balaban J connectivity index is 0.769. The van der Waals surface area contributed by atoms with Gasteiger partial charge in [-0.05, 0) is 161 Å². The van der Waals surface area contributed by atoms with Gasteiger partial charge in [-0.25, -0.2) is 17.9 Å². The van der Waals surface area contributed by atoms with Gasteiger partial charge in [0, 0.05) is 98.0 Å². The van der Waals surface area contributed by atoms with Gasteiger partial charge < -0.3 is 57.8 Å². The van der Waals surface area contributed by atoms with Gasteiger partial charge in [-0.1, -0.05) is 67.4 Å². The van der Waals surface area contributed by atoms with E-state index in [4.69, 9.17) is 32.4 Å². The zero-order valence-electron chi connectivity index (χ0n) is 56.2. The number of aromatic nitrogens is 1. The molecule has 0 aliphatic carbocycles. The SMILES string of the molecule is COc1ccc(C(OCC2OC(n3cc(CCCNC(=O)CCCCCCC(=O)NCCNC(=O)c4cc5cc6c7c(c5oc4=O)CCCN7CCC6)c4cc(NS(C)(=O)=O)ccc43)CC2OP(OCCC#N)N(C(C)C)C(C)C)(c2ccccc2)c2ccc(OC)cc2)cc1. The lowest BCUT2D eigenvalue weighted by molar-refractivity contribution is -0.122. The van der Waals surface area contributed by atoms with Crippen molar-refractivity contribution in [3.63, 3.8) is 0 Å². The van der Waals surface area contributed by atoms with Crippen LogP contribution < -0.4 is 40.7 Å². The molecule has 2 aromatic heterocycles. The summed E-state index contributed by atoms with van der Waals surface area (Å²) in [6.07, 6.45) is 10.3. The first-order chi connectivity index (χ1) is 46.4. The standard InChI is InChI=1S/C73H91N8O13PS/c1-49(2)81(50(3)4)95(91-42-18-36-74)94-64-46-68(92-65(64)48-90-73(54-21-11-10-12-22-54,55-26-31-58(88-5)32-27-55)56-28-33-59(89-6)34-29-56)80-47-52(61-45-57(30-35-63(61)80)78-96(7,86)87)19-15-37-75-66(82)24-13-8-9-14-25-67(83)76-38-39-77-71(84)62-44-53-43-51-20-16-40-79-41-17-23-60(69(51)79)70(53)93-72(62)85/h10-12,21-22,26-35,43-45,47,49-50,64-65,68,78H,8-9,13-20,23-25,37-42,46,48H2,1-7H3,(H,75,82)(H,76,83)(H,77,84). The van der Waals surface area contributed by atoms with E-state index in [0.29, 0.717) is 74.3 Å². The highest BCUT2D eigenvalue weighted by Gasteiger charge is 2.45. The van der Waals surface area contributed by atoms with Gasteiger partial charge in [-0.3, -0.25) is 19.1 Å². The third-order valence-electron chi connectivity index (χ3n) is 17.9. The Morgan fingerprint density at radius 2 is 1.42 bits per heavy atom. The number of anilines is 2. The molecule has 4 atom stereocenters. The van der Waals surface area contributed by atoms with Crippen LogP contribution in [0.2, 0.25) is 0 Å². The predicted octanol–water partition coefficient (Wildman–Crippen LogP) is 11.7. The Bertz CT molecular complexity index is 3970. The minimum atomic E-state index is -3.62. The van der Waals surface area contributed by atoms with Crippen molar-refractivity contribution in [1.29, 1.82) is 5.26 Å². The lowest BCUT2D eigenvalue weighted by atomic mass is 9.80. The normalized spacial score (nSPS) is 16.6. The number of unbranched alkanes of at least 4 members (excludes halogenated alkanes) is 3. The minimum absolute atomic E-state index is 0.0268. The second-order valence-corrected chi connectivity index (χ2v) is 28.6. The number of benzene rings is 5. The smallest absolute Gasteiger partial charge is 0.349 e. The van der Waals surface area contributed by atoms with Crippen LogP contribution in [0.5, 0.6) is 11.5 Å². The summed E-state index contributed by atoms with van der Waals surface area (Å²) in [7, 11) is -2.09. The van der Waals surface area contributed by atoms with Crippen LogP contribution in [-0.4, -0.2) is 126 Å². The maximum Gasteiger partial charge on any atom is 0.349 e. The van der Waals surface area contributed by atoms with Crippen molar-refractivity contribution in [3.05, 3.63) is 165 Å². The monoisotopic (exact) mass is 1350 g/mol. The van der Waals surface area contributed by atoms with E-state index >= 15 is 0 Å². The second-order valence-electron chi connectivity index (χ2n) is 25.4. The number of fused-ring (bicyclic) bond motifs is 3. The molecule has 1 fully saturated rings. The Morgan fingerprint density at radius 3 is 2.05 bits per heavy atom. The van der Waals surface area contributed by atoms with Gasteiger partial charge in [-0.2, -0.15) is 5.26 Å². The number of nitriles is 1. The fourth-order valence-electron chi connectivity index (χ4n) is 13.5. The first kappa shape index (κ1) is 70.9. The zero-order chi connectivity index (χ0) is 67.9. The molecule has 5 heterocycles. The van der Waals surface area contributed by atoms with Crippen LogP contribution in [0, 0.1) is 11.3 Å². The Labute approximate surface area is 564 Å². The fourth-order valence-corrected chi connectivity index (χ4v) is 15.9. The van der Waals surface area contributed by atoms with E-state index in [1.54, 1.807) is 26.4 Å². The number of nitrogens with zero attached hydrogens (tertiary/aromatic N) is 4. The number of aryl methyl sites for hydroxylation is 3. The highest BCUT2D eigenvalue weighted by molar-refractivity contribution is 7.92. The van der Waals surface area contributed by atoms with Crippen LogP contribution in [0.25, 0.3) is 21.9 Å². The number of nitrogens with one attached hydrogen (secondary N) is 4. The fraction of sp³-hybridized carbons (Fsp3) is 0.466. The summed E-state index contributed by atoms with van der Waals surface area (Å²) in [5.74, 6) is 0.620. The van der Waals surface area contributed by atoms with Gasteiger partial charge in [0.05, 0.1) is 57.8 Å². The van der Waals surface area contributed by atoms with E-state index in [1.807, 2.05) is 97.2 Å². The molecule has 3 aliphatic heterocycles. The molecule has 0 bridgehead atoms. The number of carbonyl (C=O) groups is 3. The number of carbonyl (C=O) groups excluding carboxylic acids is 3. The van der Waals surface area contributed by atoms with Crippen molar-refractivity contribution in [2.75, 3.05) is 76.0 Å². The summed E-state index contributed by atoms with van der Waals surface area (Å²) >= 11 is 0. The van der Waals surface area contributed by atoms with Crippen molar-refractivity contribution < 1.29 is 55.2 Å². The van der Waals surface area contributed by atoms with Crippen LogP contribution in [0.15, 0.2) is 125 Å². The maximum absolute atomic E-state index is 13.2. The molecule has 10 rings (SSSR count). The maximum atomic E-state index is 13.2. The van der Waals surface area contributed by atoms with Crippen LogP contribution in [-0.2, 0) is 63.0 Å². The van der Waals surface area contributed by atoms with Crippen LogP contribution in [0.4, 0.5) is 11.4 Å². The molecule has 7 aromatic rings. The number of amides is 3. The van der Waals surface area contributed by atoms with Crippen molar-refractivity contribution >= 4 is 69.5 Å². The zero-order valence-corrected chi connectivity index (χ0v) is 57.9. The summed E-state index contributed by atoms with van der Waals surface area (Å²) in [5, 5.41) is 19.9. The Hall–Kier alpha value is -7.87. The predicted molar refractivity (Wildman–Crippen MR) is 373 cm³/mol. The quantitative estimate of drug-likeness (QED) is 0.0127. The molecule has 96 heavy (non-hydrogen) atoms. The van der Waals surface area contributed by atoms with E-state index in [2.05, 4.69) is 74.6 Å². The molecular weight excluding hydrogens is 1260 g/mol. The summed E-state index contributed by atoms with van der Waals surface area (Å²) in [5.41, 5.74) is 6.84. The third kappa shape index (κ3) is 17.3. The highest BCUT2D eigenvalue weighted by atomic mass is 32.2. The van der Waals surface area contributed by atoms with Crippen molar-refractivity contribution in [3.8, 4) is 17.6 Å². The van der Waals surface area contributed by atoms with Gasteiger partial charge >= 0.3 is 5.63 Å². The number of hydrogen-bond donors (Lipinski definition) is 4. The second kappa shape index (κ2) is 32.9. The molecule has 512 valence electrons. The van der Waals surface area contributed by atoms with E-state index < -0.39 is 54.1 Å². The lowest BCUT2D eigenvalue weighted by Gasteiger charge is -2.39. The average molecular weight is 1350 g/mol. The van der Waals surface area contributed by atoms with Crippen LogP contribution in [0.1, 0.15) is 148 Å². The topological polar surface area (TPSA) is 254 Å². The largest absolute Gasteiger partial charge is 0.497 e. The number of ether oxygens (including phenoxy) is 4. The third-order valence-corrected chi connectivity index (χ3v) is 20.7. The minimum Gasteiger partial charge on any atom is -0.497 e.